The summed E-state index contributed by atoms with van der Waals surface area (Å²) in [5.41, 5.74) is 6.57. The van der Waals surface area contributed by atoms with E-state index in [-0.39, 0.29) is 12.0 Å². The summed E-state index contributed by atoms with van der Waals surface area (Å²) in [5, 5.41) is 2.03. The molecule has 0 spiro atoms. The van der Waals surface area contributed by atoms with E-state index in [4.69, 9.17) is 10.5 Å². The van der Waals surface area contributed by atoms with Crippen molar-refractivity contribution in [3.05, 3.63) is 36.7 Å². The Morgan fingerprint density at radius 3 is 2.90 bits per heavy atom. The van der Waals surface area contributed by atoms with Crippen molar-refractivity contribution >= 4 is 16.7 Å². The summed E-state index contributed by atoms with van der Waals surface area (Å²) < 4.78 is 5.30. The smallest absolute Gasteiger partial charge is 0.321 e. The molecule has 6 nitrogen and oxygen atoms in total. The Morgan fingerprint density at radius 1 is 1.15 bits per heavy atom. The maximum atomic E-state index is 5.71. The SMILES string of the molecule is CCOc1nc(N)nc(-c2cccc3ccncc23)n1. The van der Waals surface area contributed by atoms with Gasteiger partial charge < -0.3 is 10.5 Å². The van der Waals surface area contributed by atoms with Gasteiger partial charge >= 0.3 is 6.01 Å². The summed E-state index contributed by atoms with van der Waals surface area (Å²) in [4.78, 5) is 16.6. The Kier molecular flexibility index (Phi) is 3.12. The number of benzene rings is 1. The molecular formula is C14H13N5O. The van der Waals surface area contributed by atoms with E-state index in [9.17, 15) is 0 Å². The fraction of sp³-hybridized carbons (Fsp3) is 0.143. The van der Waals surface area contributed by atoms with Crippen LogP contribution >= 0.6 is 0 Å². The van der Waals surface area contributed by atoms with Gasteiger partial charge in [-0.2, -0.15) is 15.0 Å². The average Bonchev–Trinajstić information content (AvgIpc) is 2.46. The highest BCUT2D eigenvalue weighted by molar-refractivity contribution is 5.94. The molecule has 20 heavy (non-hydrogen) atoms. The van der Waals surface area contributed by atoms with Gasteiger partial charge in [0, 0.05) is 23.3 Å². The van der Waals surface area contributed by atoms with Crippen LogP contribution < -0.4 is 10.5 Å². The van der Waals surface area contributed by atoms with Crippen LogP contribution in [-0.4, -0.2) is 26.5 Å². The van der Waals surface area contributed by atoms with Gasteiger partial charge in [0.2, 0.25) is 5.95 Å². The molecule has 2 aromatic heterocycles. The molecule has 1 aromatic carbocycles. The van der Waals surface area contributed by atoms with E-state index < -0.39 is 0 Å². The first-order valence-electron chi connectivity index (χ1n) is 6.25. The molecule has 6 heteroatoms. The first-order valence-corrected chi connectivity index (χ1v) is 6.25. The van der Waals surface area contributed by atoms with Crippen LogP contribution in [-0.2, 0) is 0 Å². The molecule has 0 saturated heterocycles. The number of anilines is 1. The van der Waals surface area contributed by atoms with Crippen molar-refractivity contribution in [1.82, 2.24) is 19.9 Å². The third kappa shape index (κ3) is 2.23. The van der Waals surface area contributed by atoms with Gasteiger partial charge in [0.05, 0.1) is 6.61 Å². The maximum Gasteiger partial charge on any atom is 0.321 e. The molecule has 0 aliphatic rings. The van der Waals surface area contributed by atoms with Crippen molar-refractivity contribution in [2.45, 2.75) is 6.92 Å². The van der Waals surface area contributed by atoms with E-state index in [1.165, 1.54) is 0 Å². The Morgan fingerprint density at radius 2 is 2.05 bits per heavy atom. The minimum absolute atomic E-state index is 0.138. The summed E-state index contributed by atoms with van der Waals surface area (Å²) in [6.07, 6.45) is 3.53. The fourth-order valence-corrected chi connectivity index (χ4v) is 1.99. The standard InChI is InChI=1S/C14H13N5O/c1-2-20-14-18-12(17-13(15)19-14)10-5-3-4-9-6-7-16-8-11(9)10/h3-8H,2H2,1H3,(H2,15,17,18,19). The van der Waals surface area contributed by atoms with Crippen molar-refractivity contribution in [2.75, 3.05) is 12.3 Å². The Bertz CT molecular complexity index is 754. The van der Waals surface area contributed by atoms with Gasteiger partial charge in [-0.15, -0.1) is 0 Å². The lowest BCUT2D eigenvalue weighted by atomic mass is 10.1. The molecule has 0 aliphatic heterocycles. The van der Waals surface area contributed by atoms with E-state index in [1.807, 2.05) is 31.2 Å². The monoisotopic (exact) mass is 267 g/mol. The predicted octanol–water partition coefficient (Wildman–Crippen LogP) is 2.07. The highest BCUT2D eigenvalue weighted by Crippen LogP contribution is 2.26. The molecular weight excluding hydrogens is 254 g/mol. The molecule has 0 unspecified atom stereocenters. The lowest BCUT2D eigenvalue weighted by Gasteiger charge is -2.07. The van der Waals surface area contributed by atoms with Crippen LogP contribution in [0.5, 0.6) is 6.01 Å². The molecule has 0 radical (unpaired) electrons. The molecule has 0 atom stereocenters. The molecule has 2 N–H and O–H groups in total. The topological polar surface area (TPSA) is 86.8 Å². The van der Waals surface area contributed by atoms with Crippen LogP contribution in [0.15, 0.2) is 36.7 Å². The van der Waals surface area contributed by atoms with E-state index in [1.54, 1.807) is 12.4 Å². The number of ether oxygens (including phenoxy) is 1. The number of aromatic nitrogens is 4. The van der Waals surface area contributed by atoms with Crippen LogP contribution in [0.25, 0.3) is 22.2 Å². The summed E-state index contributed by atoms with van der Waals surface area (Å²) in [7, 11) is 0. The van der Waals surface area contributed by atoms with Crippen molar-refractivity contribution in [1.29, 1.82) is 0 Å². The highest BCUT2D eigenvalue weighted by atomic mass is 16.5. The first-order chi connectivity index (χ1) is 9.78. The number of hydrogen-bond acceptors (Lipinski definition) is 6. The maximum absolute atomic E-state index is 5.71. The zero-order valence-electron chi connectivity index (χ0n) is 10.9. The van der Waals surface area contributed by atoms with E-state index in [0.717, 1.165) is 16.3 Å². The minimum atomic E-state index is 0.138. The second kappa shape index (κ2) is 5.08. The van der Waals surface area contributed by atoms with Crippen molar-refractivity contribution in [3.8, 4) is 17.4 Å². The van der Waals surface area contributed by atoms with Gasteiger partial charge in [-0.1, -0.05) is 18.2 Å². The summed E-state index contributed by atoms with van der Waals surface area (Å²) in [6, 6.07) is 8.05. The predicted molar refractivity (Wildman–Crippen MR) is 76.1 cm³/mol. The van der Waals surface area contributed by atoms with Crippen molar-refractivity contribution < 1.29 is 4.74 Å². The molecule has 3 rings (SSSR count). The largest absolute Gasteiger partial charge is 0.464 e. The number of hydrogen-bond donors (Lipinski definition) is 1. The average molecular weight is 267 g/mol. The molecule has 0 aliphatic carbocycles. The van der Waals surface area contributed by atoms with Crippen LogP contribution in [0.3, 0.4) is 0 Å². The summed E-state index contributed by atoms with van der Waals surface area (Å²) >= 11 is 0. The third-order valence-corrected chi connectivity index (χ3v) is 2.83. The summed E-state index contributed by atoms with van der Waals surface area (Å²) in [5.74, 6) is 0.624. The Hall–Kier alpha value is -2.76. The van der Waals surface area contributed by atoms with Gasteiger partial charge in [-0.25, -0.2) is 0 Å². The minimum Gasteiger partial charge on any atom is -0.464 e. The van der Waals surface area contributed by atoms with Gasteiger partial charge in [0.15, 0.2) is 5.82 Å². The molecule has 0 fully saturated rings. The van der Waals surface area contributed by atoms with E-state index in [2.05, 4.69) is 19.9 Å². The molecule has 0 amide bonds. The van der Waals surface area contributed by atoms with Gasteiger partial charge in [-0.3, -0.25) is 4.98 Å². The number of nitrogens with zero attached hydrogens (tertiary/aromatic N) is 4. The number of fused-ring (bicyclic) bond motifs is 1. The summed E-state index contributed by atoms with van der Waals surface area (Å²) in [6.45, 7) is 2.33. The third-order valence-electron chi connectivity index (χ3n) is 2.83. The zero-order valence-corrected chi connectivity index (χ0v) is 10.9. The highest BCUT2D eigenvalue weighted by Gasteiger charge is 2.10. The van der Waals surface area contributed by atoms with Crippen molar-refractivity contribution in [3.63, 3.8) is 0 Å². The van der Waals surface area contributed by atoms with Crippen LogP contribution in [0.2, 0.25) is 0 Å². The molecule has 100 valence electrons. The lowest BCUT2D eigenvalue weighted by molar-refractivity contribution is 0.312. The number of pyridine rings is 1. The van der Waals surface area contributed by atoms with Crippen LogP contribution in [0.4, 0.5) is 5.95 Å². The number of nitrogens with two attached hydrogens (primary N) is 1. The molecule has 0 bridgehead atoms. The number of rotatable bonds is 3. The molecule has 2 heterocycles. The van der Waals surface area contributed by atoms with Gasteiger partial charge in [0.1, 0.15) is 0 Å². The second-order valence-electron chi connectivity index (χ2n) is 4.14. The Labute approximate surface area is 115 Å². The van der Waals surface area contributed by atoms with Crippen molar-refractivity contribution in [2.24, 2.45) is 0 Å². The molecule has 3 aromatic rings. The first kappa shape index (κ1) is 12.3. The molecule has 0 saturated carbocycles. The zero-order chi connectivity index (χ0) is 13.9. The second-order valence-corrected chi connectivity index (χ2v) is 4.14. The lowest BCUT2D eigenvalue weighted by Crippen LogP contribution is -2.04. The fourth-order valence-electron chi connectivity index (χ4n) is 1.99. The quantitative estimate of drug-likeness (QED) is 0.781. The van der Waals surface area contributed by atoms with Gasteiger partial charge in [0.25, 0.3) is 0 Å². The Balaban J connectivity index is 2.20. The van der Waals surface area contributed by atoms with E-state index in [0.29, 0.717) is 12.4 Å². The van der Waals surface area contributed by atoms with Crippen LogP contribution in [0.1, 0.15) is 6.92 Å². The number of nitrogen functional groups attached to an aromatic ring is 1. The van der Waals surface area contributed by atoms with Crippen LogP contribution in [0, 0.1) is 0 Å². The van der Waals surface area contributed by atoms with E-state index >= 15 is 0 Å². The van der Waals surface area contributed by atoms with Gasteiger partial charge in [-0.05, 0) is 18.4 Å². The normalized spacial score (nSPS) is 10.7.